The highest BCUT2D eigenvalue weighted by molar-refractivity contribution is 5.65. The van der Waals surface area contributed by atoms with Crippen LogP contribution in [0.15, 0.2) is 9.98 Å². The number of nitrogens with zero attached hydrogens (tertiary/aromatic N) is 2. The average molecular weight is 238 g/mol. The molecule has 1 unspecified atom stereocenters. The van der Waals surface area contributed by atoms with Gasteiger partial charge in [-0.3, -0.25) is 9.98 Å². The summed E-state index contributed by atoms with van der Waals surface area (Å²) in [6, 6.07) is 0. The molecule has 0 N–H and O–H groups in total. The van der Waals surface area contributed by atoms with Gasteiger partial charge in [0.2, 0.25) is 0 Å². The van der Waals surface area contributed by atoms with Crippen LogP contribution in [0.3, 0.4) is 0 Å². The van der Waals surface area contributed by atoms with E-state index in [1.807, 2.05) is 6.21 Å². The maximum atomic E-state index is 4.73. The molecular weight excluding hydrogens is 208 g/mol. The quantitative estimate of drug-likeness (QED) is 0.649. The van der Waals surface area contributed by atoms with Crippen molar-refractivity contribution >= 4 is 12.4 Å². The molecule has 100 valence electrons. The summed E-state index contributed by atoms with van der Waals surface area (Å²) in [6.45, 7) is 18.1. The summed E-state index contributed by atoms with van der Waals surface area (Å²) in [5, 5.41) is 0. The van der Waals surface area contributed by atoms with E-state index in [1.54, 1.807) is 0 Å². The molecule has 1 atom stereocenters. The summed E-state index contributed by atoms with van der Waals surface area (Å²) < 4.78 is 0. The largest absolute Gasteiger partial charge is 0.294 e. The van der Waals surface area contributed by atoms with Crippen LogP contribution in [0.2, 0.25) is 0 Å². The third-order valence-electron chi connectivity index (χ3n) is 2.44. The SMILES string of the molecule is CCC(C)(CN=CC(C)(C)C)N=CC(C)(C)C. The number of hydrogen-bond donors (Lipinski definition) is 0. The lowest BCUT2D eigenvalue weighted by atomic mass is 9.95. The Labute approximate surface area is 108 Å². The Morgan fingerprint density at radius 2 is 1.29 bits per heavy atom. The Morgan fingerprint density at radius 3 is 1.65 bits per heavy atom. The summed E-state index contributed by atoms with van der Waals surface area (Å²) in [5.74, 6) is 0. The van der Waals surface area contributed by atoms with Gasteiger partial charge in [-0.25, -0.2) is 0 Å². The zero-order valence-corrected chi connectivity index (χ0v) is 13.0. The molecule has 0 amide bonds. The molecule has 0 aromatic heterocycles. The van der Waals surface area contributed by atoms with Crippen LogP contribution in [0.4, 0.5) is 0 Å². The molecule has 0 saturated carbocycles. The number of rotatable bonds is 4. The van der Waals surface area contributed by atoms with E-state index in [4.69, 9.17) is 4.99 Å². The van der Waals surface area contributed by atoms with Gasteiger partial charge < -0.3 is 0 Å². The van der Waals surface area contributed by atoms with Crippen molar-refractivity contribution in [1.29, 1.82) is 0 Å². The molecule has 0 aliphatic heterocycles. The Balaban J connectivity index is 4.60. The Hall–Kier alpha value is -0.660. The van der Waals surface area contributed by atoms with E-state index in [0.717, 1.165) is 13.0 Å². The molecule has 0 heterocycles. The van der Waals surface area contributed by atoms with Crippen LogP contribution >= 0.6 is 0 Å². The first-order valence-corrected chi connectivity index (χ1v) is 6.55. The third kappa shape index (κ3) is 9.08. The third-order valence-corrected chi connectivity index (χ3v) is 2.44. The molecule has 2 nitrogen and oxygen atoms in total. The minimum atomic E-state index is -0.0605. The number of aliphatic imine (C=N–C) groups is 2. The van der Waals surface area contributed by atoms with Gasteiger partial charge in [0.1, 0.15) is 0 Å². The molecule has 0 rings (SSSR count). The second kappa shape index (κ2) is 5.79. The topological polar surface area (TPSA) is 24.7 Å². The first-order valence-electron chi connectivity index (χ1n) is 6.55. The second-order valence-corrected chi connectivity index (χ2v) is 7.31. The van der Waals surface area contributed by atoms with Crippen molar-refractivity contribution in [3.8, 4) is 0 Å². The Kier molecular flexibility index (Phi) is 5.57. The predicted octanol–water partition coefficient (Wildman–Crippen LogP) is 4.39. The van der Waals surface area contributed by atoms with Gasteiger partial charge in [-0.1, -0.05) is 48.5 Å². The highest BCUT2D eigenvalue weighted by Crippen LogP contribution is 2.19. The van der Waals surface area contributed by atoms with Gasteiger partial charge in [0, 0.05) is 12.4 Å². The van der Waals surface area contributed by atoms with E-state index in [1.165, 1.54) is 0 Å². The predicted molar refractivity (Wildman–Crippen MR) is 79.5 cm³/mol. The van der Waals surface area contributed by atoms with Gasteiger partial charge in [-0.15, -0.1) is 0 Å². The molecule has 0 fully saturated rings. The molecule has 0 spiro atoms. The van der Waals surface area contributed by atoms with Crippen molar-refractivity contribution < 1.29 is 0 Å². The van der Waals surface area contributed by atoms with E-state index in [2.05, 4.69) is 66.6 Å². The van der Waals surface area contributed by atoms with Crippen molar-refractivity contribution in [2.45, 2.75) is 67.3 Å². The molecular formula is C15H30N2. The summed E-state index contributed by atoms with van der Waals surface area (Å²) >= 11 is 0. The van der Waals surface area contributed by atoms with Crippen LogP contribution in [0.5, 0.6) is 0 Å². The highest BCUT2D eigenvalue weighted by atomic mass is 14.9. The van der Waals surface area contributed by atoms with E-state index < -0.39 is 0 Å². The van der Waals surface area contributed by atoms with Crippen molar-refractivity contribution in [2.75, 3.05) is 6.54 Å². The van der Waals surface area contributed by atoms with Gasteiger partial charge >= 0.3 is 0 Å². The molecule has 17 heavy (non-hydrogen) atoms. The Bertz CT molecular complexity index is 276. The lowest BCUT2D eigenvalue weighted by molar-refractivity contribution is 0.460. The second-order valence-electron chi connectivity index (χ2n) is 7.31. The fourth-order valence-corrected chi connectivity index (χ4v) is 1.11. The fraction of sp³-hybridized carbons (Fsp3) is 0.867. The van der Waals surface area contributed by atoms with Crippen molar-refractivity contribution in [2.24, 2.45) is 20.8 Å². The molecule has 0 saturated heterocycles. The van der Waals surface area contributed by atoms with Gasteiger partial charge in [0.15, 0.2) is 0 Å². The zero-order valence-electron chi connectivity index (χ0n) is 13.0. The van der Waals surface area contributed by atoms with Crippen LogP contribution < -0.4 is 0 Å². The maximum absolute atomic E-state index is 4.73. The van der Waals surface area contributed by atoms with Crippen LogP contribution in [0.1, 0.15) is 61.8 Å². The molecule has 0 bridgehead atoms. The summed E-state index contributed by atoms with van der Waals surface area (Å²) in [6.07, 6.45) is 5.11. The summed E-state index contributed by atoms with van der Waals surface area (Å²) in [5.41, 5.74) is 0.238. The first kappa shape index (κ1) is 16.3. The van der Waals surface area contributed by atoms with Gasteiger partial charge in [0.05, 0.1) is 12.1 Å². The first-order chi connectivity index (χ1) is 7.47. The van der Waals surface area contributed by atoms with Crippen molar-refractivity contribution in [1.82, 2.24) is 0 Å². The van der Waals surface area contributed by atoms with Crippen molar-refractivity contribution in [3.05, 3.63) is 0 Å². The normalized spacial score (nSPS) is 17.9. The zero-order chi connectivity index (χ0) is 13.7. The summed E-state index contributed by atoms with van der Waals surface area (Å²) in [7, 11) is 0. The van der Waals surface area contributed by atoms with Crippen LogP contribution in [0.25, 0.3) is 0 Å². The lowest BCUT2D eigenvalue weighted by Gasteiger charge is -2.24. The van der Waals surface area contributed by atoms with Crippen LogP contribution in [-0.4, -0.2) is 24.5 Å². The fourth-order valence-electron chi connectivity index (χ4n) is 1.11. The van der Waals surface area contributed by atoms with Crippen LogP contribution in [0, 0.1) is 10.8 Å². The molecule has 0 aromatic rings. The molecule has 0 aromatic carbocycles. The minimum Gasteiger partial charge on any atom is -0.294 e. The number of hydrogen-bond acceptors (Lipinski definition) is 2. The Morgan fingerprint density at radius 1 is 0.824 bits per heavy atom. The van der Waals surface area contributed by atoms with Gasteiger partial charge in [-0.2, -0.15) is 0 Å². The van der Waals surface area contributed by atoms with E-state index in [0.29, 0.717) is 0 Å². The van der Waals surface area contributed by atoms with Gasteiger partial charge in [-0.05, 0) is 24.2 Å². The molecule has 2 heteroatoms. The molecule has 0 aliphatic rings. The van der Waals surface area contributed by atoms with E-state index >= 15 is 0 Å². The van der Waals surface area contributed by atoms with Crippen LogP contribution in [-0.2, 0) is 0 Å². The standard InChI is InChI=1S/C15H30N2/c1-9-15(8,17-11-14(5,6)7)12-16-10-13(2,3)4/h10-11H,9,12H2,1-8H3. The minimum absolute atomic E-state index is 0.0605. The molecule has 0 radical (unpaired) electrons. The van der Waals surface area contributed by atoms with E-state index in [9.17, 15) is 0 Å². The maximum Gasteiger partial charge on any atom is 0.0768 e. The van der Waals surface area contributed by atoms with Gasteiger partial charge in [0.25, 0.3) is 0 Å². The van der Waals surface area contributed by atoms with E-state index in [-0.39, 0.29) is 16.4 Å². The smallest absolute Gasteiger partial charge is 0.0768 e. The highest BCUT2D eigenvalue weighted by Gasteiger charge is 2.20. The van der Waals surface area contributed by atoms with Crippen molar-refractivity contribution in [3.63, 3.8) is 0 Å². The lowest BCUT2D eigenvalue weighted by Crippen LogP contribution is -2.27. The summed E-state index contributed by atoms with van der Waals surface area (Å²) in [4.78, 5) is 9.27. The average Bonchev–Trinajstić information content (AvgIpc) is 2.12. The monoisotopic (exact) mass is 238 g/mol. The molecule has 0 aliphatic carbocycles.